The molecule has 0 spiro atoms. The molecule has 3 rings (SSSR count). The second-order valence-electron chi connectivity index (χ2n) is 7.84. The van der Waals surface area contributed by atoms with Gasteiger partial charge in [0.15, 0.2) is 6.10 Å². The van der Waals surface area contributed by atoms with Gasteiger partial charge in [-0.25, -0.2) is 0 Å². The average molecular weight is 431 g/mol. The van der Waals surface area contributed by atoms with E-state index in [1.807, 2.05) is 84.9 Å². The first kappa shape index (κ1) is 23.1. The molecule has 2 amide bonds. The average Bonchev–Trinajstić information content (AvgIpc) is 2.84. The minimum atomic E-state index is -0.771. The summed E-state index contributed by atoms with van der Waals surface area (Å²) in [4.78, 5) is 25.7. The smallest absolute Gasteiger partial charge is 0.279 e. The van der Waals surface area contributed by atoms with Crippen molar-refractivity contribution in [1.82, 2.24) is 10.9 Å². The predicted octanol–water partition coefficient (Wildman–Crippen LogP) is 4.95. The third-order valence-electron chi connectivity index (χ3n) is 5.57. The largest absolute Gasteiger partial charge is 0.481 e. The monoisotopic (exact) mass is 430 g/mol. The molecule has 5 nitrogen and oxygen atoms in total. The van der Waals surface area contributed by atoms with Crippen LogP contribution < -0.4 is 15.6 Å². The lowest BCUT2D eigenvalue weighted by Gasteiger charge is -2.21. The number of hydrogen-bond acceptors (Lipinski definition) is 3. The molecule has 166 valence electrons. The maximum Gasteiger partial charge on any atom is 0.279 e. The van der Waals surface area contributed by atoms with E-state index in [2.05, 4.69) is 24.7 Å². The summed E-state index contributed by atoms with van der Waals surface area (Å²) in [5, 5.41) is 0. The second kappa shape index (κ2) is 11.1. The van der Waals surface area contributed by atoms with E-state index in [1.165, 1.54) is 0 Å². The number of carbonyl (C=O) groups excluding carboxylic acids is 2. The molecule has 2 unspecified atom stereocenters. The Hall–Kier alpha value is -3.60. The number of para-hydroxylation sites is 1. The van der Waals surface area contributed by atoms with Gasteiger partial charge in [0.05, 0.1) is 5.92 Å². The highest BCUT2D eigenvalue weighted by molar-refractivity contribution is 5.90. The van der Waals surface area contributed by atoms with Crippen LogP contribution in [0, 0.1) is 0 Å². The van der Waals surface area contributed by atoms with Crippen molar-refractivity contribution in [3.63, 3.8) is 0 Å². The summed E-state index contributed by atoms with van der Waals surface area (Å²) in [6, 6.07) is 26.7. The molecule has 0 saturated carbocycles. The molecule has 3 aromatic carbocycles. The zero-order valence-corrected chi connectivity index (χ0v) is 18.7. The Balaban J connectivity index is 1.67. The van der Waals surface area contributed by atoms with Gasteiger partial charge in [0, 0.05) is 0 Å². The number of hydrogen-bond donors (Lipinski definition) is 2. The quantitative estimate of drug-likeness (QED) is 0.497. The summed E-state index contributed by atoms with van der Waals surface area (Å²) < 4.78 is 5.93. The molecule has 0 aliphatic heterocycles. The molecule has 0 aromatic heterocycles. The zero-order valence-electron chi connectivity index (χ0n) is 18.7. The highest BCUT2D eigenvalue weighted by atomic mass is 16.5. The van der Waals surface area contributed by atoms with E-state index in [0.717, 1.165) is 23.1 Å². The molecule has 0 bridgehead atoms. The molecular formula is C27H30N2O3. The standard InChI is InChI=1S/C27H30N2O3/c1-4-19(2)23-17-11-12-18-24(23)32-20(3)26(30)28-29-27(31)25(21-13-7-5-8-14-21)22-15-9-6-10-16-22/h5-20,25H,4H2,1-3H3,(H,28,30)(H,29,31). The summed E-state index contributed by atoms with van der Waals surface area (Å²) in [7, 11) is 0. The highest BCUT2D eigenvalue weighted by Gasteiger charge is 2.24. The van der Waals surface area contributed by atoms with Crippen LogP contribution in [-0.4, -0.2) is 17.9 Å². The summed E-state index contributed by atoms with van der Waals surface area (Å²) in [5.74, 6) is -0.277. The van der Waals surface area contributed by atoms with Gasteiger partial charge in [0.25, 0.3) is 5.91 Å². The second-order valence-corrected chi connectivity index (χ2v) is 7.84. The fourth-order valence-corrected chi connectivity index (χ4v) is 3.54. The third-order valence-corrected chi connectivity index (χ3v) is 5.57. The van der Waals surface area contributed by atoms with Crippen molar-refractivity contribution in [3.05, 3.63) is 102 Å². The first-order chi connectivity index (χ1) is 15.5. The molecule has 0 saturated heterocycles. The Morgan fingerprint density at radius 2 is 1.25 bits per heavy atom. The van der Waals surface area contributed by atoms with E-state index in [1.54, 1.807) is 6.92 Å². The Morgan fingerprint density at radius 3 is 1.81 bits per heavy atom. The van der Waals surface area contributed by atoms with Crippen LogP contribution in [0.3, 0.4) is 0 Å². The Kier molecular flexibility index (Phi) is 8.03. The lowest BCUT2D eigenvalue weighted by atomic mass is 9.91. The van der Waals surface area contributed by atoms with Crippen LogP contribution in [0.1, 0.15) is 55.7 Å². The fourth-order valence-electron chi connectivity index (χ4n) is 3.54. The van der Waals surface area contributed by atoms with Gasteiger partial charge in [0.2, 0.25) is 5.91 Å². The molecule has 0 aliphatic carbocycles. The van der Waals surface area contributed by atoms with E-state index in [-0.39, 0.29) is 5.91 Å². The number of hydrazine groups is 1. The van der Waals surface area contributed by atoms with Crippen molar-refractivity contribution in [1.29, 1.82) is 0 Å². The maximum absolute atomic E-state index is 13.0. The molecule has 0 aliphatic rings. The number of ether oxygens (including phenoxy) is 1. The van der Waals surface area contributed by atoms with Crippen LogP contribution in [0.5, 0.6) is 5.75 Å². The van der Waals surface area contributed by atoms with Gasteiger partial charge in [-0.2, -0.15) is 0 Å². The normalized spacial score (nSPS) is 12.6. The SMILES string of the molecule is CCC(C)c1ccccc1OC(C)C(=O)NNC(=O)C(c1ccccc1)c1ccccc1. The van der Waals surface area contributed by atoms with Crippen LogP contribution in [0.2, 0.25) is 0 Å². The van der Waals surface area contributed by atoms with E-state index in [0.29, 0.717) is 11.7 Å². The van der Waals surface area contributed by atoms with Crippen molar-refractivity contribution in [2.75, 3.05) is 0 Å². The van der Waals surface area contributed by atoms with Gasteiger partial charge in [0.1, 0.15) is 5.75 Å². The van der Waals surface area contributed by atoms with Gasteiger partial charge in [-0.05, 0) is 42.0 Å². The van der Waals surface area contributed by atoms with E-state index < -0.39 is 17.9 Å². The van der Waals surface area contributed by atoms with Crippen molar-refractivity contribution in [3.8, 4) is 5.75 Å². The van der Waals surface area contributed by atoms with Crippen molar-refractivity contribution in [2.45, 2.75) is 45.1 Å². The molecule has 0 fully saturated rings. The minimum Gasteiger partial charge on any atom is -0.481 e. The van der Waals surface area contributed by atoms with Crippen LogP contribution in [-0.2, 0) is 9.59 Å². The van der Waals surface area contributed by atoms with Crippen LogP contribution in [0.4, 0.5) is 0 Å². The van der Waals surface area contributed by atoms with Crippen molar-refractivity contribution < 1.29 is 14.3 Å². The lowest BCUT2D eigenvalue weighted by molar-refractivity contribution is -0.133. The molecule has 3 aromatic rings. The van der Waals surface area contributed by atoms with Gasteiger partial charge in [-0.3, -0.25) is 20.4 Å². The molecular weight excluding hydrogens is 400 g/mol. The first-order valence-electron chi connectivity index (χ1n) is 11.0. The molecule has 2 N–H and O–H groups in total. The number of carbonyl (C=O) groups is 2. The lowest BCUT2D eigenvalue weighted by Crippen LogP contribution is -2.48. The van der Waals surface area contributed by atoms with E-state index >= 15 is 0 Å². The summed E-state index contributed by atoms with van der Waals surface area (Å²) in [5.41, 5.74) is 7.85. The van der Waals surface area contributed by atoms with Gasteiger partial charge in [-0.1, -0.05) is 92.7 Å². The molecule has 32 heavy (non-hydrogen) atoms. The van der Waals surface area contributed by atoms with Gasteiger partial charge < -0.3 is 4.74 Å². The first-order valence-corrected chi connectivity index (χ1v) is 11.0. The fraction of sp³-hybridized carbons (Fsp3) is 0.259. The van der Waals surface area contributed by atoms with E-state index in [9.17, 15) is 9.59 Å². The van der Waals surface area contributed by atoms with Crippen LogP contribution >= 0.6 is 0 Å². The van der Waals surface area contributed by atoms with Crippen LogP contribution in [0.25, 0.3) is 0 Å². The van der Waals surface area contributed by atoms with Gasteiger partial charge in [-0.15, -0.1) is 0 Å². The predicted molar refractivity (Wildman–Crippen MR) is 126 cm³/mol. The molecule has 0 radical (unpaired) electrons. The van der Waals surface area contributed by atoms with Crippen LogP contribution in [0.15, 0.2) is 84.9 Å². The summed E-state index contributed by atoms with van der Waals surface area (Å²) in [6.07, 6.45) is 0.199. The van der Waals surface area contributed by atoms with Crippen molar-refractivity contribution in [2.24, 2.45) is 0 Å². The minimum absolute atomic E-state index is 0.317. The topological polar surface area (TPSA) is 67.4 Å². The number of amides is 2. The van der Waals surface area contributed by atoms with Crippen molar-refractivity contribution >= 4 is 11.8 Å². The highest BCUT2D eigenvalue weighted by Crippen LogP contribution is 2.29. The molecule has 2 atom stereocenters. The Bertz CT molecular complexity index is 982. The maximum atomic E-state index is 13.0. The summed E-state index contributed by atoms with van der Waals surface area (Å²) >= 11 is 0. The number of benzene rings is 3. The Morgan fingerprint density at radius 1 is 0.750 bits per heavy atom. The van der Waals surface area contributed by atoms with Gasteiger partial charge >= 0.3 is 0 Å². The molecule has 5 heteroatoms. The number of nitrogens with one attached hydrogen (secondary N) is 2. The van der Waals surface area contributed by atoms with E-state index in [4.69, 9.17) is 4.74 Å². The zero-order chi connectivity index (χ0) is 22.9. The summed E-state index contributed by atoms with van der Waals surface area (Å²) in [6.45, 7) is 5.91. The molecule has 0 heterocycles. The number of rotatable bonds is 8. The third kappa shape index (κ3) is 5.76. The Labute approximate surface area is 189 Å².